The Balaban J connectivity index is 2.07. The van der Waals surface area contributed by atoms with Crippen LogP contribution < -0.4 is 14.2 Å². The molecular weight excluding hydrogens is 296 g/mol. The molecule has 0 aromatic heterocycles. The zero-order chi connectivity index (χ0) is 16.4. The van der Waals surface area contributed by atoms with Gasteiger partial charge < -0.3 is 19.0 Å². The van der Waals surface area contributed by atoms with Crippen LogP contribution in [-0.2, 0) is 4.79 Å². The van der Waals surface area contributed by atoms with E-state index in [1.807, 2.05) is 12.2 Å². The second-order valence-corrected chi connectivity index (χ2v) is 4.95. The lowest BCUT2D eigenvalue weighted by molar-refractivity contribution is -0.108. The summed E-state index contributed by atoms with van der Waals surface area (Å²) >= 11 is 0. The lowest BCUT2D eigenvalue weighted by atomic mass is 9.98. The van der Waals surface area contributed by atoms with Gasteiger partial charge in [0.2, 0.25) is 5.75 Å². The van der Waals surface area contributed by atoms with Crippen LogP contribution in [0.1, 0.15) is 5.56 Å². The average Bonchev–Trinajstić information content (AvgIpc) is 3.04. The van der Waals surface area contributed by atoms with Crippen molar-refractivity contribution in [2.45, 2.75) is 0 Å². The number of carbonyl (C=O) groups is 1. The van der Waals surface area contributed by atoms with Crippen LogP contribution in [0, 0.1) is 5.92 Å². The first kappa shape index (κ1) is 15.0. The predicted molar refractivity (Wildman–Crippen MR) is 86.8 cm³/mol. The molecule has 1 aliphatic carbocycles. The van der Waals surface area contributed by atoms with Crippen molar-refractivity contribution in [3.05, 3.63) is 41.6 Å². The summed E-state index contributed by atoms with van der Waals surface area (Å²) < 4.78 is 16.0. The van der Waals surface area contributed by atoms with Gasteiger partial charge in [0.1, 0.15) is 6.29 Å². The van der Waals surface area contributed by atoms with E-state index in [-0.39, 0.29) is 5.92 Å². The Kier molecular flexibility index (Phi) is 3.97. The number of rotatable bonds is 5. The third-order valence-electron chi connectivity index (χ3n) is 3.67. The van der Waals surface area contributed by atoms with Crippen LogP contribution in [0.2, 0.25) is 0 Å². The van der Waals surface area contributed by atoms with Gasteiger partial charge >= 0.3 is 0 Å². The Morgan fingerprint density at radius 2 is 1.74 bits per heavy atom. The first-order valence-electron chi connectivity index (χ1n) is 7.03. The Bertz CT molecular complexity index is 750. The highest BCUT2D eigenvalue weighted by atomic mass is 16.5. The van der Waals surface area contributed by atoms with Gasteiger partial charge in [-0.3, -0.25) is 0 Å². The molecule has 1 aromatic rings. The predicted octanol–water partition coefficient (Wildman–Crippen LogP) is 2.18. The fourth-order valence-electron chi connectivity index (χ4n) is 2.54. The average molecular weight is 312 g/mol. The van der Waals surface area contributed by atoms with Gasteiger partial charge in [-0.2, -0.15) is 0 Å². The highest BCUT2D eigenvalue weighted by molar-refractivity contribution is 6.23. The molecule has 0 fully saturated rings. The molecule has 1 unspecified atom stereocenters. The fraction of sp³-hybridized carbons (Fsp3) is 0.235. The van der Waals surface area contributed by atoms with Gasteiger partial charge in [-0.15, -0.1) is 0 Å². The van der Waals surface area contributed by atoms with Crippen LogP contribution in [0.5, 0.6) is 17.2 Å². The number of allylic oxidation sites excluding steroid dienone is 4. The number of methoxy groups -OCH3 is 3. The summed E-state index contributed by atoms with van der Waals surface area (Å²) in [5.74, 6) is 1.71. The zero-order valence-corrected chi connectivity index (χ0v) is 13.1. The maximum absolute atomic E-state index is 11.2. The number of hydrogen-bond donors (Lipinski definition) is 0. The first-order valence-corrected chi connectivity index (χ1v) is 7.03. The van der Waals surface area contributed by atoms with Crippen LogP contribution >= 0.6 is 0 Å². The molecule has 0 N–H and O–H groups in total. The first-order chi connectivity index (χ1) is 11.2. The third-order valence-corrected chi connectivity index (χ3v) is 3.67. The molecule has 2 aliphatic rings. The fourth-order valence-corrected chi connectivity index (χ4v) is 2.54. The van der Waals surface area contributed by atoms with E-state index >= 15 is 0 Å². The Morgan fingerprint density at radius 1 is 1.04 bits per heavy atom. The molecule has 1 aromatic carbocycles. The van der Waals surface area contributed by atoms with Crippen molar-refractivity contribution in [2.75, 3.05) is 21.3 Å². The molecule has 1 heterocycles. The van der Waals surface area contributed by atoms with Crippen molar-refractivity contribution in [1.29, 1.82) is 0 Å². The number of amidine groups is 1. The topological polar surface area (TPSA) is 69.5 Å². The molecule has 3 rings (SSSR count). The molecule has 0 bridgehead atoms. The number of hydrogen-bond acceptors (Lipinski definition) is 6. The molecule has 0 saturated carbocycles. The van der Waals surface area contributed by atoms with Crippen LogP contribution in [-0.4, -0.2) is 39.2 Å². The molecular formula is C17H16N2O4. The van der Waals surface area contributed by atoms with Gasteiger partial charge in [0.15, 0.2) is 17.3 Å². The minimum atomic E-state index is -0.363. The maximum atomic E-state index is 11.2. The molecule has 0 spiro atoms. The molecule has 6 nitrogen and oxygen atoms in total. The van der Waals surface area contributed by atoms with Gasteiger partial charge in [-0.25, -0.2) is 9.98 Å². The van der Waals surface area contributed by atoms with E-state index in [1.165, 1.54) is 0 Å². The summed E-state index contributed by atoms with van der Waals surface area (Å²) in [6.45, 7) is 0. The molecule has 0 amide bonds. The summed E-state index contributed by atoms with van der Waals surface area (Å²) in [4.78, 5) is 20.2. The number of aldehydes is 1. The summed E-state index contributed by atoms with van der Waals surface area (Å²) in [6, 6.07) is 3.57. The Hall–Kier alpha value is -2.89. The molecule has 118 valence electrons. The summed E-state index contributed by atoms with van der Waals surface area (Å²) in [6.07, 6.45) is 6.30. The molecule has 0 saturated heterocycles. The number of carbonyl (C=O) groups excluding carboxylic acids is 1. The van der Waals surface area contributed by atoms with Gasteiger partial charge in [0, 0.05) is 5.56 Å². The summed E-state index contributed by atoms with van der Waals surface area (Å²) in [5, 5.41) is 0. The van der Waals surface area contributed by atoms with Crippen molar-refractivity contribution in [1.82, 2.24) is 0 Å². The second kappa shape index (κ2) is 6.08. The van der Waals surface area contributed by atoms with E-state index in [9.17, 15) is 4.79 Å². The van der Waals surface area contributed by atoms with Crippen LogP contribution in [0.15, 0.2) is 46.0 Å². The van der Waals surface area contributed by atoms with Crippen LogP contribution in [0.3, 0.4) is 0 Å². The Labute approximate surface area is 133 Å². The van der Waals surface area contributed by atoms with E-state index in [2.05, 4.69) is 9.98 Å². The number of fused-ring (bicyclic) bond motifs is 1. The zero-order valence-electron chi connectivity index (χ0n) is 13.1. The molecule has 0 radical (unpaired) electrons. The van der Waals surface area contributed by atoms with Crippen LogP contribution in [0.25, 0.3) is 0 Å². The molecule has 6 heteroatoms. The van der Waals surface area contributed by atoms with Crippen LogP contribution in [0.4, 0.5) is 0 Å². The quantitative estimate of drug-likeness (QED) is 0.781. The van der Waals surface area contributed by atoms with Gasteiger partial charge in [-0.05, 0) is 18.2 Å². The number of benzene rings is 1. The van der Waals surface area contributed by atoms with Crippen molar-refractivity contribution in [3.8, 4) is 17.2 Å². The number of aliphatic imine (C=N–C) groups is 2. The second-order valence-electron chi connectivity index (χ2n) is 4.95. The normalized spacial score (nSPS) is 18.6. The highest BCUT2D eigenvalue weighted by Crippen LogP contribution is 2.39. The standard InChI is InChI=1S/C17H16N2O4/c1-21-13-7-11(8-14(22-2)16(13)23-3)17-18-12-6-4-5-10(9-20)15(12)19-17/h4-10H,1-3H3. The lowest BCUT2D eigenvalue weighted by Gasteiger charge is -2.13. The smallest absolute Gasteiger partial charge is 0.203 e. The lowest BCUT2D eigenvalue weighted by Crippen LogP contribution is -2.15. The third kappa shape index (κ3) is 2.52. The SMILES string of the molecule is COc1cc(C2=NC3=CC=CC(C=O)C3=N2)cc(OC)c1OC. The van der Waals surface area contributed by atoms with Crippen molar-refractivity contribution < 1.29 is 19.0 Å². The largest absolute Gasteiger partial charge is 0.493 e. The van der Waals surface area contributed by atoms with Crippen molar-refractivity contribution >= 4 is 17.8 Å². The summed E-state index contributed by atoms with van der Waals surface area (Å²) in [7, 11) is 4.66. The maximum Gasteiger partial charge on any atom is 0.203 e. The van der Waals surface area contributed by atoms with E-state index < -0.39 is 0 Å². The van der Waals surface area contributed by atoms with Crippen molar-refractivity contribution in [2.24, 2.45) is 15.9 Å². The molecule has 1 atom stereocenters. The van der Waals surface area contributed by atoms with Gasteiger partial charge in [0.05, 0.1) is 38.7 Å². The molecule has 1 aliphatic heterocycles. The van der Waals surface area contributed by atoms with E-state index in [0.717, 1.165) is 11.8 Å². The van der Waals surface area contributed by atoms with E-state index in [1.54, 1.807) is 39.5 Å². The minimum absolute atomic E-state index is 0.363. The molecule has 23 heavy (non-hydrogen) atoms. The monoisotopic (exact) mass is 312 g/mol. The Morgan fingerprint density at radius 3 is 2.30 bits per heavy atom. The van der Waals surface area contributed by atoms with Gasteiger partial charge in [0.25, 0.3) is 0 Å². The number of nitrogens with zero attached hydrogens (tertiary/aromatic N) is 2. The summed E-state index contributed by atoms with van der Waals surface area (Å²) in [5.41, 5.74) is 2.09. The highest BCUT2D eigenvalue weighted by Gasteiger charge is 2.26. The van der Waals surface area contributed by atoms with E-state index in [4.69, 9.17) is 14.2 Å². The van der Waals surface area contributed by atoms with Crippen molar-refractivity contribution in [3.63, 3.8) is 0 Å². The van der Waals surface area contributed by atoms with Gasteiger partial charge in [-0.1, -0.05) is 12.2 Å². The van der Waals surface area contributed by atoms with E-state index in [0.29, 0.717) is 34.5 Å². The number of ether oxygens (including phenoxy) is 3. The minimum Gasteiger partial charge on any atom is -0.493 e.